The smallest absolute Gasteiger partial charge is 0.336 e. The second-order valence-electron chi connectivity index (χ2n) is 3.92. The molecule has 1 saturated heterocycles. The van der Waals surface area contributed by atoms with Crippen molar-refractivity contribution >= 4 is 5.97 Å². The van der Waals surface area contributed by atoms with E-state index in [1.807, 2.05) is 0 Å². The summed E-state index contributed by atoms with van der Waals surface area (Å²) in [7, 11) is 0. The molecule has 1 heterocycles. The summed E-state index contributed by atoms with van der Waals surface area (Å²) in [6.07, 6.45) is 0. The van der Waals surface area contributed by atoms with E-state index in [1.54, 1.807) is 6.92 Å². The number of carboxylic acids is 1. The summed E-state index contributed by atoms with van der Waals surface area (Å²) in [5.41, 5.74) is 0.0357. The van der Waals surface area contributed by atoms with Crippen LogP contribution in [0.25, 0.3) is 0 Å². The Labute approximate surface area is 86.5 Å². The van der Waals surface area contributed by atoms with E-state index < -0.39 is 17.4 Å². The first kappa shape index (κ1) is 10.1. The highest BCUT2D eigenvalue weighted by Gasteiger charge is 2.43. The molecule has 0 amide bonds. The van der Waals surface area contributed by atoms with E-state index >= 15 is 0 Å². The maximum absolute atomic E-state index is 13.8. The number of ether oxygens (including phenoxy) is 1. The summed E-state index contributed by atoms with van der Waals surface area (Å²) in [5.74, 6) is -1.59. The molecule has 0 radical (unpaired) electrons. The van der Waals surface area contributed by atoms with Crippen molar-refractivity contribution in [2.75, 3.05) is 6.61 Å². The molecule has 1 aliphatic heterocycles. The van der Waals surface area contributed by atoms with Gasteiger partial charge in [-0.25, -0.2) is 9.18 Å². The Balaban J connectivity index is 2.54. The molecule has 80 valence electrons. The van der Waals surface area contributed by atoms with Crippen LogP contribution < -0.4 is 0 Å². The lowest BCUT2D eigenvalue weighted by molar-refractivity contribution is 0.0695. The van der Waals surface area contributed by atoms with Gasteiger partial charge in [0.25, 0.3) is 0 Å². The summed E-state index contributed by atoms with van der Waals surface area (Å²) in [4.78, 5) is 10.8. The number of carboxylic acid groups (broad SMARTS) is 1. The molecule has 1 atom stereocenters. The number of hydrogen-bond donors (Lipinski definition) is 1. The van der Waals surface area contributed by atoms with Crippen LogP contribution >= 0.6 is 0 Å². The van der Waals surface area contributed by atoms with Gasteiger partial charge in [0.2, 0.25) is 0 Å². The van der Waals surface area contributed by atoms with Crippen LogP contribution in [-0.4, -0.2) is 17.7 Å². The molecule has 1 aromatic carbocycles. The molecule has 15 heavy (non-hydrogen) atoms. The van der Waals surface area contributed by atoms with Crippen LogP contribution in [-0.2, 0) is 10.3 Å². The Morgan fingerprint density at radius 1 is 1.60 bits per heavy atom. The van der Waals surface area contributed by atoms with Crippen LogP contribution in [0.4, 0.5) is 4.39 Å². The van der Waals surface area contributed by atoms with Gasteiger partial charge in [-0.1, -0.05) is 6.07 Å². The minimum absolute atomic E-state index is 0.000463. The highest BCUT2D eigenvalue weighted by atomic mass is 19.1. The van der Waals surface area contributed by atoms with E-state index in [2.05, 4.69) is 0 Å². The molecular weight excluding hydrogens is 199 g/mol. The van der Waals surface area contributed by atoms with Gasteiger partial charge in [-0.05, 0) is 25.5 Å². The summed E-state index contributed by atoms with van der Waals surface area (Å²) < 4.78 is 18.9. The zero-order valence-electron chi connectivity index (χ0n) is 8.50. The first-order valence-corrected chi connectivity index (χ1v) is 4.62. The van der Waals surface area contributed by atoms with Gasteiger partial charge >= 0.3 is 5.97 Å². The molecule has 4 heteroatoms. The summed E-state index contributed by atoms with van der Waals surface area (Å²) in [5, 5.41) is 8.80. The van der Waals surface area contributed by atoms with Gasteiger partial charge in [0.1, 0.15) is 11.4 Å². The number of benzene rings is 1. The lowest BCUT2D eigenvalue weighted by Gasteiger charge is -2.10. The average molecular weight is 210 g/mol. The van der Waals surface area contributed by atoms with Gasteiger partial charge in [-0.2, -0.15) is 0 Å². The summed E-state index contributed by atoms with van der Waals surface area (Å²) in [6.45, 7) is 3.73. The van der Waals surface area contributed by atoms with Crippen molar-refractivity contribution in [2.24, 2.45) is 0 Å². The zero-order valence-corrected chi connectivity index (χ0v) is 8.50. The summed E-state index contributed by atoms with van der Waals surface area (Å²) in [6, 6.07) is 2.90. The minimum atomic E-state index is -1.11. The molecule has 1 aromatic rings. The van der Waals surface area contributed by atoms with Gasteiger partial charge in [-0.15, -0.1) is 0 Å². The molecule has 1 fully saturated rings. The van der Waals surface area contributed by atoms with Crippen molar-refractivity contribution in [3.63, 3.8) is 0 Å². The number of halogens is 1. The Hall–Kier alpha value is -1.42. The number of aromatic carboxylic acids is 1. The van der Waals surface area contributed by atoms with Crippen molar-refractivity contribution < 1.29 is 19.0 Å². The second kappa shape index (κ2) is 3.03. The lowest BCUT2D eigenvalue weighted by Crippen LogP contribution is -2.10. The largest absolute Gasteiger partial charge is 0.478 e. The third-order valence-corrected chi connectivity index (χ3v) is 2.76. The second-order valence-corrected chi connectivity index (χ2v) is 3.92. The molecule has 0 aliphatic carbocycles. The predicted molar refractivity (Wildman–Crippen MR) is 51.4 cm³/mol. The highest BCUT2D eigenvalue weighted by molar-refractivity contribution is 5.89. The fraction of sp³-hybridized carbons (Fsp3) is 0.364. The van der Waals surface area contributed by atoms with Crippen LogP contribution in [0.5, 0.6) is 0 Å². The van der Waals surface area contributed by atoms with Gasteiger partial charge in [0.05, 0.1) is 12.2 Å². The number of hydrogen-bond acceptors (Lipinski definition) is 2. The van der Waals surface area contributed by atoms with E-state index in [0.29, 0.717) is 12.2 Å². The van der Waals surface area contributed by atoms with Crippen LogP contribution in [0, 0.1) is 12.7 Å². The lowest BCUT2D eigenvalue weighted by atomic mass is 9.96. The number of rotatable bonds is 2. The Morgan fingerprint density at radius 3 is 2.67 bits per heavy atom. The van der Waals surface area contributed by atoms with Gasteiger partial charge in [0.15, 0.2) is 0 Å². The standard InChI is InChI=1S/C11H11FO3/c1-6-7(10(13)14)3-4-8(9(6)12)11(2)5-15-11/h3-4H,5H2,1-2H3,(H,13,14). The van der Waals surface area contributed by atoms with E-state index in [1.165, 1.54) is 19.1 Å². The van der Waals surface area contributed by atoms with Gasteiger partial charge < -0.3 is 9.84 Å². The van der Waals surface area contributed by atoms with Crippen molar-refractivity contribution in [1.29, 1.82) is 0 Å². The molecule has 1 unspecified atom stereocenters. The van der Waals surface area contributed by atoms with E-state index in [-0.39, 0.29) is 11.1 Å². The Morgan fingerprint density at radius 2 is 2.20 bits per heavy atom. The van der Waals surface area contributed by atoms with Crippen molar-refractivity contribution in [2.45, 2.75) is 19.4 Å². The molecule has 1 N–H and O–H groups in total. The van der Waals surface area contributed by atoms with E-state index in [0.717, 1.165) is 0 Å². The molecule has 3 nitrogen and oxygen atoms in total. The maximum Gasteiger partial charge on any atom is 0.336 e. The molecular formula is C11H11FO3. The van der Waals surface area contributed by atoms with Gasteiger partial charge in [0, 0.05) is 5.56 Å². The van der Waals surface area contributed by atoms with E-state index in [4.69, 9.17) is 9.84 Å². The Bertz CT molecular complexity index is 436. The SMILES string of the molecule is Cc1c(C(=O)O)ccc(C2(C)CO2)c1F. The van der Waals surface area contributed by atoms with Crippen molar-refractivity contribution in [3.8, 4) is 0 Å². The first-order chi connectivity index (χ1) is 6.96. The maximum atomic E-state index is 13.8. The number of epoxide rings is 1. The predicted octanol–water partition coefficient (Wildman–Crippen LogP) is 2.08. The first-order valence-electron chi connectivity index (χ1n) is 4.62. The minimum Gasteiger partial charge on any atom is -0.478 e. The van der Waals surface area contributed by atoms with Crippen LogP contribution in [0.3, 0.4) is 0 Å². The molecule has 0 aromatic heterocycles. The van der Waals surface area contributed by atoms with Crippen molar-refractivity contribution in [3.05, 3.63) is 34.6 Å². The topological polar surface area (TPSA) is 49.8 Å². The number of carbonyl (C=O) groups is 1. The fourth-order valence-corrected chi connectivity index (χ4v) is 1.59. The molecule has 0 bridgehead atoms. The zero-order chi connectivity index (χ0) is 11.2. The third-order valence-electron chi connectivity index (χ3n) is 2.76. The van der Waals surface area contributed by atoms with Crippen LogP contribution in [0.1, 0.15) is 28.4 Å². The quantitative estimate of drug-likeness (QED) is 0.760. The monoisotopic (exact) mass is 210 g/mol. The molecule has 2 rings (SSSR count). The average Bonchev–Trinajstić information content (AvgIpc) is 2.88. The van der Waals surface area contributed by atoms with E-state index in [9.17, 15) is 9.18 Å². The molecule has 1 aliphatic rings. The highest BCUT2D eigenvalue weighted by Crippen LogP contribution is 2.40. The van der Waals surface area contributed by atoms with Gasteiger partial charge in [-0.3, -0.25) is 0 Å². The molecule has 0 spiro atoms. The normalized spacial score (nSPS) is 23.9. The third kappa shape index (κ3) is 1.51. The van der Waals surface area contributed by atoms with Crippen molar-refractivity contribution in [1.82, 2.24) is 0 Å². The molecule has 0 saturated carbocycles. The Kier molecular flexibility index (Phi) is 2.04. The fourth-order valence-electron chi connectivity index (χ4n) is 1.59. The van der Waals surface area contributed by atoms with Crippen LogP contribution in [0.15, 0.2) is 12.1 Å². The summed E-state index contributed by atoms with van der Waals surface area (Å²) >= 11 is 0. The van der Waals surface area contributed by atoms with Crippen LogP contribution in [0.2, 0.25) is 0 Å².